The van der Waals surface area contributed by atoms with Crippen LogP contribution in [0.4, 0.5) is 5.69 Å². The Morgan fingerprint density at radius 2 is 1.76 bits per heavy atom. The van der Waals surface area contributed by atoms with Crippen molar-refractivity contribution < 1.29 is 17.9 Å². The molecule has 0 spiro atoms. The Bertz CT molecular complexity index is 1030. The van der Waals surface area contributed by atoms with Gasteiger partial charge in [0.1, 0.15) is 4.90 Å². The smallest absolute Gasteiger partial charge is 0.255 e. The normalized spacial score (nSPS) is 20.4. The van der Waals surface area contributed by atoms with Crippen LogP contribution in [0.1, 0.15) is 35.3 Å². The highest BCUT2D eigenvalue weighted by Gasteiger charge is 2.33. The average molecular weight is 437 g/mol. The Morgan fingerprint density at radius 3 is 2.41 bits per heavy atom. The van der Waals surface area contributed by atoms with E-state index >= 15 is 0 Å². The predicted octanol–water partition coefficient (Wildman–Crippen LogP) is 4.01. The molecule has 1 heterocycles. The summed E-state index contributed by atoms with van der Waals surface area (Å²) < 4.78 is 33.4. The lowest BCUT2D eigenvalue weighted by atomic mass is 10.1. The van der Waals surface area contributed by atoms with Crippen molar-refractivity contribution in [3.8, 4) is 0 Å². The molecule has 6 nitrogen and oxygen atoms in total. The lowest BCUT2D eigenvalue weighted by Gasteiger charge is -2.34. The molecule has 0 saturated carbocycles. The van der Waals surface area contributed by atoms with Gasteiger partial charge in [0.25, 0.3) is 5.91 Å². The number of hydrogen-bond donors (Lipinski definition) is 1. The van der Waals surface area contributed by atoms with Crippen molar-refractivity contribution in [1.82, 2.24) is 4.31 Å². The van der Waals surface area contributed by atoms with Crippen LogP contribution in [0.2, 0.25) is 5.02 Å². The van der Waals surface area contributed by atoms with Crippen LogP contribution in [0, 0.1) is 13.8 Å². The predicted molar refractivity (Wildman–Crippen MR) is 114 cm³/mol. The molecule has 2 aromatic carbocycles. The van der Waals surface area contributed by atoms with Crippen LogP contribution in [0.15, 0.2) is 41.3 Å². The molecular formula is C21H25ClN2O4S. The third-order valence-electron chi connectivity index (χ3n) is 4.84. The molecule has 1 saturated heterocycles. The summed E-state index contributed by atoms with van der Waals surface area (Å²) in [5.41, 5.74) is 2.84. The van der Waals surface area contributed by atoms with E-state index in [1.165, 1.54) is 22.5 Å². The molecule has 0 aliphatic carbocycles. The highest BCUT2D eigenvalue weighted by Crippen LogP contribution is 2.28. The van der Waals surface area contributed by atoms with Crippen LogP contribution in [0.3, 0.4) is 0 Å². The maximum absolute atomic E-state index is 13.2. The highest BCUT2D eigenvalue weighted by atomic mass is 35.5. The van der Waals surface area contributed by atoms with E-state index < -0.39 is 15.9 Å². The second-order valence-corrected chi connectivity index (χ2v) is 9.81. The number of morpholine rings is 1. The standard InChI is InChI=1S/C21H25ClN2O4S/c1-13-5-6-14(2)19(9-13)23-21(25)17-7-8-18(22)20(10-17)29(26,27)24-11-15(3)28-16(4)12-24/h5-10,15-16H,11-12H2,1-4H3,(H,23,25)/t15-,16-/m0/s1. The molecule has 3 rings (SSSR count). The summed E-state index contributed by atoms with van der Waals surface area (Å²) in [6.45, 7) is 7.96. The summed E-state index contributed by atoms with van der Waals surface area (Å²) in [5.74, 6) is -0.393. The van der Waals surface area contributed by atoms with Crippen LogP contribution in [-0.2, 0) is 14.8 Å². The van der Waals surface area contributed by atoms with Gasteiger partial charge in [-0.2, -0.15) is 4.31 Å². The van der Waals surface area contributed by atoms with Crippen molar-refractivity contribution in [3.63, 3.8) is 0 Å². The molecule has 1 aliphatic rings. The van der Waals surface area contributed by atoms with Gasteiger partial charge in [-0.25, -0.2) is 8.42 Å². The molecule has 1 aliphatic heterocycles. The monoisotopic (exact) mass is 436 g/mol. The van der Waals surface area contributed by atoms with Crippen molar-refractivity contribution >= 4 is 33.2 Å². The van der Waals surface area contributed by atoms with E-state index in [1.807, 2.05) is 45.9 Å². The molecule has 8 heteroatoms. The second-order valence-electron chi connectivity index (χ2n) is 7.50. The molecule has 2 aromatic rings. The number of rotatable bonds is 4. The third-order valence-corrected chi connectivity index (χ3v) is 7.15. The van der Waals surface area contributed by atoms with E-state index in [1.54, 1.807) is 0 Å². The van der Waals surface area contributed by atoms with Gasteiger partial charge in [0.05, 0.1) is 17.2 Å². The van der Waals surface area contributed by atoms with E-state index in [0.717, 1.165) is 11.1 Å². The Balaban J connectivity index is 1.91. The number of hydrogen-bond acceptors (Lipinski definition) is 4. The summed E-state index contributed by atoms with van der Waals surface area (Å²) in [7, 11) is -3.86. The minimum absolute atomic E-state index is 0.0749. The molecule has 156 valence electrons. The lowest BCUT2D eigenvalue weighted by Crippen LogP contribution is -2.48. The van der Waals surface area contributed by atoms with Crippen LogP contribution >= 0.6 is 11.6 Å². The Kier molecular flexibility index (Phi) is 6.33. The van der Waals surface area contributed by atoms with E-state index in [9.17, 15) is 13.2 Å². The molecule has 0 radical (unpaired) electrons. The van der Waals surface area contributed by atoms with Gasteiger partial charge in [0, 0.05) is 24.3 Å². The maximum Gasteiger partial charge on any atom is 0.255 e. The van der Waals surface area contributed by atoms with Gasteiger partial charge in [-0.3, -0.25) is 4.79 Å². The van der Waals surface area contributed by atoms with Crippen molar-refractivity contribution in [3.05, 3.63) is 58.1 Å². The first kappa shape index (κ1) is 21.8. The SMILES string of the molecule is Cc1ccc(C)c(NC(=O)c2ccc(Cl)c(S(=O)(=O)N3C[C@H](C)O[C@@H](C)C3)c2)c1. The molecule has 0 aromatic heterocycles. The highest BCUT2D eigenvalue weighted by molar-refractivity contribution is 7.89. The molecular weight excluding hydrogens is 412 g/mol. The van der Waals surface area contributed by atoms with Gasteiger partial charge in [0.2, 0.25) is 10.0 Å². The van der Waals surface area contributed by atoms with Gasteiger partial charge >= 0.3 is 0 Å². The number of carbonyl (C=O) groups is 1. The summed E-state index contributed by atoms with van der Waals surface area (Å²) in [6, 6.07) is 10.1. The van der Waals surface area contributed by atoms with Crippen LogP contribution in [-0.4, -0.2) is 43.9 Å². The fourth-order valence-corrected chi connectivity index (χ4v) is 5.46. The van der Waals surface area contributed by atoms with Crippen molar-refractivity contribution in [2.24, 2.45) is 0 Å². The molecule has 1 amide bonds. The van der Waals surface area contributed by atoms with Crippen LogP contribution in [0.5, 0.6) is 0 Å². The average Bonchev–Trinajstić information content (AvgIpc) is 2.64. The third kappa shape index (κ3) is 4.80. The van der Waals surface area contributed by atoms with Crippen LogP contribution in [0.25, 0.3) is 0 Å². The number of sulfonamides is 1. The minimum Gasteiger partial charge on any atom is -0.373 e. The van der Waals surface area contributed by atoms with Crippen molar-refractivity contribution in [2.45, 2.75) is 44.8 Å². The van der Waals surface area contributed by atoms with Crippen molar-refractivity contribution in [2.75, 3.05) is 18.4 Å². The maximum atomic E-state index is 13.2. The summed E-state index contributed by atoms with van der Waals surface area (Å²) in [5, 5.41) is 2.93. The number of benzene rings is 2. The lowest BCUT2D eigenvalue weighted by molar-refractivity contribution is -0.0440. The fraction of sp³-hybridized carbons (Fsp3) is 0.381. The minimum atomic E-state index is -3.86. The molecule has 2 atom stereocenters. The quantitative estimate of drug-likeness (QED) is 0.785. The summed E-state index contributed by atoms with van der Waals surface area (Å²) in [4.78, 5) is 12.7. The van der Waals surface area contributed by atoms with Gasteiger partial charge in [-0.05, 0) is 63.1 Å². The number of aryl methyl sites for hydroxylation is 2. The van der Waals surface area contributed by atoms with E-state index in [4.69, 9.17) is 16.3 Å². The van der Waals surface area contributed by atoms with Crippen LogP contribution < -0.4 is 5.32 Å². The summed E-state index contributed by atoms with van der Waals surface area (Å²) >= 11 is 6.21. The van der Waals surface area contributed by atoms with E-state index in [0.29, 0.717) is 5.69 Å². The Morgan fingerprint density at radius 1 is 1.10 bits per heavy atom. The van der Waals surface area contributed by atoms with Gasteiger partial charge < -0.3 is 10.1 Å². The van der Waals surface area contributed by atoms with E-state index in [2.05, 4.69) is 5.32 Å². The first-order valence-electron chi connectivity index (χ1n) is 9.41. The van der Waals surface area contributed by atoms with Gasteiger partial charge in [0.15, 0.2) is 0 Å². The van der Waals surface area contributed by atoms with Gasteiger partial charge in [-0.15, -0.1) is 0 Å². The largest absolute Gasteiger partial charge is 0.373 e. The number of anilines is 1. The fourth-order valence-electron chi connectivity index (χ4n) is 3.37. The Hall–Kier alpha value is -1.93. The molecule has 0 bridgehead atoms. The van der Waals surface area contributed by atoms with Gasteiger partial charge in [-0.1, -0.05) is 23.7 Å². The first-order chi connectivity index (χ1) is 13.6. The molecule has 29 heavy (non-hydrogen) atoms. The molecule has 1 fully saturated rings. The zero-order valence-electron chi connectivity index (χ0n) is 16.9. The summed E-state index contributed by atoms with van der Waals surface area (Å²) in [6.07, 6.45) is -0.439. The zero-order valence-corrected chi connectivity index (χ0v) is 18.5. The number of amides is 1. The molecule has 0 unspecified atom stereocenters. The number of halogens is 1. The topological polar surface area (TPSA) is 75.7 Å². The van der Waals surface area contributed by atoms with Crippen molar-refractivity contribution in [1.29, 1.82) is 0 Å². The Labute approximate surface area is 176 Å². The second kappa shape index (κ2) is 8.44. The number of nitrogens with one attached hydrogen (secondary N) is 1. The number of ether oxygens (including phenoxy) is 1. The number of nitrogens with zero attached hydrogens (tertiary/aromatic N) is 1. The molecule has 1 N–H and O–H groups in total. The van der Waals surface area contributed by atoms with E-state index in [-0.39, 0.29) is 40.8 Å². The number of carbonyl (C=O) groups excluding carboxylic acids is 1. The first-order valence-corrected chi connectivity index (χ1v) is 11.2. The zero-order chi connectivity index (χ0) is 21.3.